The first-order valence-electron chi connectivity index (χ1n) is 10.3. The highest BCUT2D eigenvalue weighted by atomic mass is 19.1. The minimum Gasteiger partial charge on any atom is -0.462 e. The molecule has 1 unspecified atom stereocenters. The smallest absolute Gasteiger partial charge is 0.336 e. The van der Waals surface area contributed by atoms with Gasteiger partial charge in [-0.25, -0.2) is 9.18 Å². The number of hydrogen-bond acceptors (Lipinski definition) is 5. The molecule has 0 aromatic heterocycles. The minimum atomic E-state index is -0.675. The lowest BCUT2D eigenvalue weighted by Crippen LogP contribution is -2.38. The fourth-order valence-electron chi connectivity index (χ4n) is 3.75. The quantitative estimate of drug-likeness (QED) is 0.353. The largest absolute Gasteiger partial charge is 0.462 e. The van der Waals surface area contributed by atoms with Crippen molar-refractivity contribution in [2.75, 3.05) is 6.61 Å². The molecule has 0 saturated carbocycles. The summed E-state index contributed by atoms with van der Waals surface area (Å²) in [7, 11) is 0. The molecule has 1 amide bonds. The zero-order chi connectivity index (χ0) is 23.4. The van der Waals surface area contributed by atoms with Crippen LogP contribution in [0.25, 0.3) is 0 Å². The molecule has 0 aliphatic carbocycles. The lowest BCUT2D eigenvalue weighted by molar-refractivity contribution is -0.384. The van der Waals surface area contributed by atoms with E-state index in [1.807, 2.05) is 13.8 Å². The fraction of sp³-hybridized carbons (Fsp3) is 0.333. The van der Waals surface area contributed by atoms with Gasteiger partial charge in [-0.15, -0.1) is 0 Å². The molecule has 2 aromatic rings. The summed E-state index contributed by atoms with van der Waals surface area (Å²) in [6.07, 6.45) is -0.0556. The maximum atomic E-state index is 13.6. The molecule has 2 aromatic carbocycles. The van der Waals surface area contributed by atoms with E-state index in [9.17, 15) is 24.1 Å². The number of amides is 1. The lowest BCUT2D eigenvalue weighted by Gasteiger charge is -2.34. The Morgan fingerprint density at radius 1 is 1.25 bits per heavy atom. The number of benzene rings is 2. The van der Waals surface area contributed by atoms with Gasteiger partial charge in [0.2, 0.25) is 5.91 Å². The second-order valence-electron chi connectivity index (χ2n) is 8.21. The first-order valence-corrected chi connectivity index (χ1v) is 10.3. The van der Waals surface area contributed by atoms with Crippen molar-refractivity contribution in [3.8, 4) is 0 Å². The number of carbonyl (C=O) groups excluding carboxylic acids is 2. The van der Waals surface area contributed by atoms with Crippen LogP contribution in [-0.4, -0.2) is 28.3 Å². The Balaban J connectivity index is 2.04. The molecule has 168 valence electrons. The van der Waals surface area contributed by atoms with Gasteiger partial charge in [-0.2, -0.15) is 0 Å². The van der Waals surface area contributed by atoms with E-state index >= 15 is 0 Å². The number of rotatable bonds is 7. The SMILES string of the molecule is CC1=C(C(=O)OCC(C)C)C(c2cccc([N+](=O)[O-])c2)CC(=O)N1Cc1cccc(F)c1. The summed E-state index contributed by atoms with van der Waals surface area (Å²) in [5, 5.41) is 11.2. The first kappa shape index (κ1) is 23.1. The van der Waals surface area contributed by atoms with E-state index in [-0.39, 0.29) is 42.7 Å². The molecule has 0 spiro atoms. The van der Waals surface area contributed by atoms with Gasteiger partial charge in [0.1, 0.15) is 5.82 Å². The number of nitrogens with zero attached hydrogens (tertiary/aromatic N) is 2. The van der Waals surface area contributed by atoms with E-state index in [4.69, 9.17) is 4.74 Å². The molecule has 0 saturated heterocycles. The van der Waals surface area contributed by atoms with Crippen molar-refractivity contribution in [2.24, 2.45) is 5.92 Å². The van der Waals surface area contributed by atoms with Gasteiger partial charge in [0.25, 0.3) is 5.69 Å². The molecule has 1 heterocycles. The molecule has 1 aliphatic heterocycles. The fourth-order valence-corrected chi connectivity index (χ4v) is 3.75. The van der Waals surface area contributed by atoms with Crippen LogP contribution >= 0.6 is 0 Å². The third-order valence-electron chi connectivity index (χ3n) is 5.30. The van der Waals surface area contributed by atoms with Crippen LogP contribution in [0.15, 0.2) is 59.8 Å². The molecular formula is C24H25FN2O5. The molecule has 0 fully saturated rings. The molecule has 0 N–H and O–H groups in total. The van der Waals surface area contributed by atoms with E-state index < -0.39 is 22.6 Å². The molecule has 0 bridgehead atoms. The molecular weight excluding hydrogens is 415 g/mol. The van der Waals surface area contributed by atoms with Crippen molar-refractivity contribution in [1.82, 2.24) is 4.90 Å². The summed E-state index contributed by atoms with van der Waals surface area (Å²) in [5.41, 5.74) is 1.64. The van der Waals surface area contributed by atoms with Gasteiger partial charge in [-0.05, 0) is 36.1 Å². The third kappa shape index (κ3) is 5.19. The highest BCUT2D eigenvalue weighted by Crippen LogP contribution is 2.38. The normalized spacial score (nSPS) is 16.5. The van der Waals surface area contributed by atoms with Gasteiger partial charge in [0, 0.05) is 30.2 Å². The molecule has 0 radical (unpaired) electrons. The maximum Gasteiger partial charge on any atom is 0.336 e. The van der Waals surface area contributed by atoms with Gasteiger partial charge in [0.15, 0.2) is 0 Å². The van der Waals surface area contributed by atoms with Crippen molar-refractivity contribution in [1.29, 1.82) is 0 Å². The summed E-state index contributed by atoms with van der Waals surface area (Å²) in [6, 6.07) is 11.8. The number of halogens is 1. The highest BCUT2D eigenvalue weighted by Gasteiger charge is 2.37. The van der Waals surface area contributed by atoms with Crippen LogP contribution in [0.5, 0.6) is 0 Å². The van der Waals surface area contributed by atoms with E-state index in [0.717, 1.165) is 0 Å². The Hall–Kier alpha value is -3.55. The topological polar surface area (TPSA) is 89.7 Å². The molecule has 8 heteroatoms. The van der Waals surface area contributed by atoms with Gasteiger partial charge >= 0.3 is 5.97 Å². The van der Waals surface area contributed by atoms with Crippen LogP contribution in [0.2, 0.25) is 0 Å². The summed E-state index contributed by atoms with van der Waals surface area (Å²) in [5.74, 6) is -1.80. The van der Waals surface area contributed by atoms with E-state index in [1.165, 1.54) is 35.2 Å². The third-order valence-corrected chi connectivity index (χ3v) is 5.30. The summed E-state index contributed by atoms with van der Waals surface area (Å²) in [6.45, 7) is 5.77. The molecule has 3 rings (SSSR count). The Labute approximate surface area is 185 Å². The monoisotopic (exact) mass is 440 g/mol. The molecule has 7 nitrogen and oxygen atoms in total. The predicted octanol–water partition coefficient (Wildman–Crippen LogP) is 4.72. The number of nitro benzene ring substituents is 1. The summed E-state index contributed by atoms with van der Waals surface area (Å²) in [4.78, 5) is 38.3. The average molecular weight is 440 g/mol. The standard InChI is InChI=1S/C24H25FN2O5/c1-15(2)14-32-24(29)23-16(3)26(13-17-6-4-8-19(25)10-17)22(28)12-21(23)18-7-5-9-20(11-18)27(30)31/h4-11,15,21H,12-14H2,1-3H3. The van der Waals surface area contributed by atoms with E-state index in [2.05, 4.69) is 0 Å². The Morgan fingerprint density at radius 3 is 2.62 bits per heavy atom. The number of nitro groups is 1. The zero-order valence-electron chi connectivity index (χ0n) is 18.2. The minimum absolute atomic E-state index is 0.0556. The molecule has 1 atom stereocenters. The Morgan fingerprint density at radius 2 is 1.97 bits per heavy atom. The van der Waals surface area contributed by atoms with Gasteiger partial charge in [0.05, 0.1) is 23.6 Å². The van der Waals surface area contributed by atoms with Crippen LogP contribution < -0.4 is 0 Å². The van der Waals surface area contributed by atoms with E-state index in [1.54, 1.807) is 25.1 Å². The van der Waals surface area contributed by atoms with Crippen LogP contribution in [-0.2, 0) is 20.9 Å². The van der Waals surface area contributed by atoms with Crippen molar-refractivity contribution in [3.63, 3.8) is 0 Å². The van der Waals surface area contributed by atoms with Crippen molar-refractivity contribution in [2.45, 2.75) is 39.7 Å². The maximum absolute atomic E-state index is 13.6. The van der Waals surface area contributed by atoms with Crippen molar-refractivity contribution >= 4 is 17.6 Å². The van der Waals surface area contributed by atoms with E-state index in [0.29, 0.717) is 16.8 Å². The van der Waals surface area contributed by atoms with Crippen LogP contribution in [0, 0.1) is 21.8 Å². The Kier molecular flexibility index (Phi) is 7.02. The van der Waals surface area contributed by atoms with Gasteiger partial charge < -0.3 is 9.64 Å². The van der Waals surface area contributed by atoms with Gasteiger partial charge in [-0.3, -0.25) is 14.9 Å². The number of esters is 1. The second kappa shape index (κ2) is 9.72. The first-order chi connectivity index (χ1) is 15.2. The number of hydrogen-bond donors (Lipinski definition) is 0. The van der Waals surface area contributed by atoms with Crippen molar-refractivity contribution < 1.29 is 23.6 Å². The number of non-ortho nitro benzene ring substituents is 1. The van der Waals surface area contributed by atoms with Crippen LogP contribution in [0.4, 0.5) is 10.1 Å². The summed E-state index contributed by atoms with van der Waals surface area (Å²) >= 11 is 0. The average Bonchev–Trinajstić information content (AvgIpc) is 2.74. The number of allylic oxidation sites excluding steroid dienone is 1. The van der Waals surface area contributed by atoms with Crippen LogP contribution in [0.1, 0.15) is 44.2 Å². The van der Waals surface area contributed by atoms with Crippen LogP contribution in [0.3, 0.4) is 0 Å². The lowest BCUT2D eigenvalue weighted by atomic mass is 9.83. The highest BCUT2D eigenvalue weighted by molar-refractivity contribution is 5.96. The molecule has 1 aliphatic rings. The Bertz CT molecular complexity index is 1080. The molecule has 32 heavy (non-hydrogen) atoms. The number of carbonyl (C=O) groups is 2. The van der Waals surface area contributed by atoms with Gasteiger partial charge in [-0.1, -0.05) is 38.1 Å². The zero-order valence-corrected chi connectivity index (χ0v) is 18.2. The predicted molar refractivity (Wildman–Crippen MR) is 116 cm³/mol. The number of ether oxygens (including phenoxy) is 1. The second-order valence-corrected chi connectivity index (χ2v) is 8.21. The van der Waals surface area contributed by atoms with Crippen molar-refractivity contribution in [3.05, 3.63) is 86.9 Å². The summed E-state index contributed by atoms with van der Waals surface area (Å²) < 4.78 is 19.1.